The molecule has 2 aliphatic carbocycles. The maximum Gasteiger partial charge on any atom is 0.411 e. The van der Waals surface area contributed by atoms with E-state index in [0.717, 1.165) is 28.8 Å². The average molecular weight is 811 g/mol. The molecule has 0 saturated heterocycles. The van der Waals surface area contributed by atoms with Crippen molar-refractivity contribution < 1.29 is 45.1 Å². The Kier molecular flexibility index (Phi) is 9.56. The molecule has 3 aliphatic rings. The minimum Gasteiger partial charge on any atom is -0.447 e. The maximum absolute atomic E-state index is 16.4. The molecule has 7 rings (SSSR count). The molecule has 2 aromatic carbocycles. The summed E-state index contributed by atoms with van der Waals surface area (Å²) < 4.78 is 107. The van der Waals surface area contributed by atoms with E-state index in [1.807, 2.05) is 5.32 Å². The number of carbonyl (C=O) groups is 2. The van der Waals surface area contributed by atoms with Crippen LogP contribution in [0.2, 0.25) is 5.02 Å². The third kappa shape index (κ3) is 7.02. The quantitative estimate of drug-likeness (QED) is 0.152. The molecule has 0 bridgehead atoms. The molecule has 3 heterocycles. The van der Waals surface area contributed by atoms with Crippen LogP contribution < -0.4 is 11.1 Å². The highest BCUT2D eigenvalue weighted by molar-refractivity contribution is 6.32. The molecule has 3 N–H and O–H groups in total. The van der Waals surface area contributed by atoms with Crippen molar-refractivity contribution in [1.29, 1.82) is 0 Å². The number of guanidine groups is 1. The van der Waals surface area contributed by atoms with E-state index >= 15 is 8.78 Å². The molecular weight excluding hydrogens is 777 g/mol. The number of hydrogen-bond acceptors (Lipinski definition) is 9. The summed E-state index contributed by atoms with van der Waals surface area (Å²) in [6.45, 7) is 4.29. The van der Waals surface area contributed by atoms with E-state index in [-0.39, 0.29) is 52.8 Å². The number of halogens is 8. The van der Waals surface area contributed by atoms with Gasteiger partial charge in [0.15, 0.2) is 29.0 Å². The van der Waals surface area contributed by atoms with Gasteiger partial charge in [0, 0.05) is 11.1 Å². The first-order valence-corrected chi connectivity index (χ1v) is 17.7. The van der Waals surface area contributed by atoms with Crippen molar-refractivity contribution in [2.75, 3.05) is 6.61 Å². The van der Waals surface area contributed by atoms with Crippen molar-refractivity contribution >= 4 is 29.6 Å². The summed E-state index contributed by atoms with van der Waals surface area (Å²) in [6, 6.07) is 4.74. The van der Waals surface area contributed by atoms with Crippen LogP contribution in [0.15, 0.2) is 47.8 Å². The van der Waals surface area contributed by atoms with Gasteiger partial charge in [-0.3, -0.25) is 9.69 Å². The topological polar surface area (TPSA) is 158 Å². The van der Waals surface area contributed by atoms with Crippen LogP contribution in [0.25, 0.3) is 16.9 Å². The number of nitrogens with one attached hydrogen (secondary N) is 1. The fourth-order valence-corrected chi connectivity index (χ4v) is 6.99. The standard InChI is InChI=1S/C35H34ClF7N10O3/c1-32(2,3)15-34(20-8-7-19(25(37)26(20)38)22-13-46-53(50-22)18-5-6-18)29(54)51(30(44)48-34)24(14-56-31(55)49-33(10-11-33)35(41,42)43)17-4-9-21(36)23(12-17)52-28(27(39)40)45-16-47-52/h4,7-9,12-13,16,18,24,27H,5-6,10-11,14-15H2,1-3H3,(H2,44,48)(H,49,55)/t24?,34-/m1/s1. The van der Waals surface area contributed by atoms with Crippen LogP contribution >= 0.6 is 11.6 Å². The van der Waals surface area contributed by atoms with Crippen LogP contribution in [0, 0.1) is 17.0 Å². The Hall–Kier alpha value is -5.27. The van der Waals surface area contributed by atoms with Gasteiger partial charge in [0.05, 0.1) is 29.0 Å². The fraction of sp³-hybridized carbons (Fsp3) is 0.457. The lowest BCUT2D eigenvalue weighted by Gasteiger charge is -2.35. The second-order valence-corrected chi connectivity index (χ2v) is 15.6. The van der Waals surface area contributed by atoms with Crippen molar-refractivity contribution in [2.24, 2.45) is 16.1 Å². The monoisotopic (exact) mass is 810 g/mol. The molecule has 4 aromatic rings. The van der Waals surface area contributed by atoms with E-state index in [9.17, 15) is 31.5 Å². The van der Waals surface area contributed by atoms with Crippen LogP contribution in [0.4, 0.5) is 35.5 Å². The van der Waals surface area contributed by atoms with Crippen LogP contribution in [-0.2, 0) is 15.1 Å². The van der Waals surface area contributed by atoms with Gasteiger partial charge in [-0.25, -0.2) is 37.0 Å². The molecule has 2 atom stereocenters. The van der Waals surface area contributed by atoms with Crippen LogP contribution in [-0.4, -0.2) is 70.9 Å². The number of nitrogens with two attached hydrogens (primary N) is 1. The third-order valence-corrected chi connectivity index (χ3v) is 10.1. The molecule has 2 saturated carbocycles. The summed E-state index contributed by atoms with van der Waals surface area (Å²) in [5.41, 5.74) is 0.0990. The molecule has 2 fully saturated rings. The summed E-state index contributed by atoms with van der Waals surface area (Å²) >= 11 is 6.39. The van der Waals surface area contributed by atoms with E-state index in [2.05, 4.69) is 25.3 Å². The van der Waals surface area contributed by atoms with E-state index in [1.54, 1.807) is 20.8 Å². The first-order valence-electron chi connectivity index (χ1n) is 17.3. The molecule has 56 heavy (non-hydrogen) atoms. The number of aliphatic imine (C=N–C) groups is 1. The summed E-state index contributed by atoms with van der Waals surface area (Å²) in [5.74, 6) is -5.11. The number of rotatable bonds is 11. The minimum absolute atomic E-state index is 0.00341. The van der Waals surface area contributed by atoms with E-state index in [0.29, 0.717) is 0 Å². The number of carbonyl (C=O) groups excluding carboxylic acids is 2. The lowest BCUT2D eigenvalue weighted by Crippen LogP contribution is -2.50. The Bertz CT molecular complexity index is 2230. The summed E-state index contributed by atoms with van der Waals surface area (Å²) in [4.78, 5) is 38.1. The zero-order chi connectivity index (χ0) is 40.5. The zero-order valence-corrected chi connectivity index (χ0v) is 30.7. The molecule has 0 spiro atoms. The van der Waals surface area contributed by atoms with Gasteiger partial charge in [-0.1, -0.05) is 44.5 Å². The summed E-state index contributed by atoms with van der Waals surface area (Å²) in [5, 5.41) is 14.0. The van der Waals surface area contributed by atoms with Crippen molar-refractivity contribution in [3.05, 3.63) is 76.5 Å². The van der Waals surface area contributed by atoms with Crippen molar-refractivity contribution in [3.63, 3.8) is 0 Å². The van der Waals surface area contributed by atoms with Gasteiger partial charge in [0.2, 0.25) is 0 Å². The van der Waals surface area contributed by atoms with E-state index in [4.69, 9.17) is 22.1 Å². The van der Waals surface area contributed by atoms with Gasteiger partial charge in [-0.15, -0.1) is 0 Å². The highest BCUT2D eigenvalue weighted by Crippen LogP contribution is 2.50. The second-order valence-electron chi connectivity index (χ2n) is 15.2. The number of nitrogens with zero attached hydrogens (tertiary/aromatic N) is 8. The van der Waals surface area contributed by atoms with Crippen molar-refractivity contribution in [1.82, 2.24) is 40.0 Å². The zero-order valence-electron chi connectivity index (χ0n) is 29.9. The minimum atomic E-state index is -4.78. The van der Waals surface area contributed by atoms with Crippen molar-refractivity contribution in [3.8, 4) is 16.9 Å². The Morgan fingerprint density at radius 3 is 2.43 bits per heavy atom. The Morgan fingerprint density at radius 1 is 1.09 bits per heavy atom. The first-order chi connectivity index (χ1) is 26.2. The Morgan fingerprint density at radius 2 is 1.80 bits per heavy atom. The number of ether oxygens (including phenoxy) is 1. The largest absolute Gasteiger partial charge is 0.447 e. The maximum atomic E-state index is 16.4. The number of benzene rings is 2. The fourth-order valence-electron chi connectivity index (χ4n) is 6.80. The highest BCUT2D eigenvalue weighted by Gasteiger charge is 2.65. The number of amides is 2. The molecule has 2 amide bonds. The molecule has 298 valence electrons. The van der Waals surface area contributed by atoms with E-state index < -0.39 is 82.7 Å². The molecule has 13 nitrogen and oxygen atoms in total. The van der Waals surface area contributed by atoms with Gasteiger partial charge in [0.1, 0.15) is 24.2 Å². The van der Waals surface area contributed by atoms with Gasteiger partial charge in [-0.2, -0.15) is 33.3 Å². The Labute approximate surface area is 319 Å². The first kappa shape index (κ1) is 39.0. The number of alkyl carbamates (subject to hydrolysis) is 1. The Balaban J connectivity index is 1.30. The second kappa shape index (κ2) is 13.7. The highest BCUT2D eigenvalue weighted by atomic mass is 35.5. The van der Waals surface area contributed by atoms with Crippen molar-refractivity contribution in [2.45, 2.75) is 88.6 Å². The van der Waals surface area contributed by atoms with Crippen LogP contribution in [0.1, 0.15) is 88.3 Å². The molecule has 1 unspecified atom stereocenters. The molecule has 2 aromatic heterocycles. The van der Waals surface area contributed by atoms with Gasteiger partial charge in [0.25, 0.3) is 12.3 Å². The number of hydrogen-bond donors (Lipinski definition) is 2. The number of alkyl halides is 5. The molecule has 21 heteroatoms. The summed E-state index contributed by atoms with van der Waals surface area (Å²) in [7, 11) is 0. The predicted octanol–water partition coefficient (Wildman–Crippen LogP) is 7.08. The van der Waals surface area contributed by atoms with Crippen LogP contribution in [0.5, 0.6) is 0 Å². The lowest BCUT2D eigenvalue weighted by molar-refractivity contribution is -0.164. The molecule has 0 radical (unpaired) electrons. The van der Waals surface area contributed by atoms with Gasteiger partial charge < -0.3 is 15.8 Å². The SMILES string of the molecule is CC(C)(C)C[C@]1(c2ccc(-c3cnn(C4CC4)n3)c(F)c2F)N=C(N)N(C(COC(=O)NC2(C(F)(F)F)CC2)c2ccc(Cl)c(-n3ncnc3C(F)F)c2)C1=O. The third-order valence-electron chi connectivity index (χ3n) is 9.77. The normalized spacial score (nSPS) is 20.0. The van der Waals surface area contributed by atoms with E-state index in [1.165, 1.54) is 41.3 Å². The number of aromatic nitrogens is 6. The van der Waals surface area contributed by atoms with Crippen LogP contribution in [0.3, 0.4) is 0 Å². The summed E-state index contributed by atoms with van der Waals surface area (Å²) in [6.07, 6.45) is -6.55. The lowest BCUT2D eigenvalue weighted by atomic mass is 9.75. The van der Waals surface area contributed by atoms with Gasteiger partial charge >= 0.3 is 12.3 Å². The molecular formula is C35H34ClF7N10O3. The molecule has 1 aliphatic heterocycles. The predicted molar refractivity (Wildman–Crippen MR) is 184 cm³/mol. The smallest absolute Gasteiger partial charge is 0.411 e. The van der Waals surface area contributed by atoms with Gasteiger partial charge in [-0.05, 0) is 61.3 Å². The average Bonchev–Trinajstić information content (AvgIpc) is 3.98.